The first kappa shape index (κ1) is 19.4. The summed E-state index contributed by atoms with van der Waals surface area (Å²) in [5.74, 6) is 2.35. The summed E-state index contributed by atoms with van der Waals surface area (Å²) in [5, 5.41) is 0.405. The van der Waals surface area contributed by atoms with Gasteiger partial charge in [0.2, 0.25) is 0 Å². The molecule has 3 fully saturated rings. The molecule has 0 aliphatic heterocycles. The molecule has 1 aromatic carbocycles. The Balaban J connectivity index is 1.57. The number of nitrogen functional groups attached to an aromatic ring is 1. The zero-order chi connectivity index (χ0) is 20.4. The Bertz CT molecular complexity index is 908. The highest BCUT2D eigenvalue weighted by Crippen LogP contribution is 2.66. The molecule has 4 heteroatoms. The van der Waals surface area contributed by atoms with Crippen molar-refractivity contribution in [2.45, 2.75) is 68.9 Å². The summed E-state index contributed by atoms with van der Waals surface area (Å²) in [6, 6.07) is 8.16. The minimum Gasteiger partial charge on any atom is -0.399 e. The topological polar surface area (TPSA) is 60.2 Å². The highest BCUT2D eigenvalue weighted by Gasteiger charge is 2.61. The molecular weight excluding hydrogens is 378 g/mol. The van der Waals surface area contributed by atoms with Gasteiger partial charge in [0.05, 0.1) is 0 Å². The average molecular weight is 410 g/mol. The first-order chi connectivity index (χ1) is 13.8. The molecule has 4 aliphatic carbocycles. The van der Waals surface area contributed by atoms with Gasteiger partial charge in [-0.3, -0.25) is 9.59 Å². The Kier molecular flexibility index (Phi) is 4.51. The lowest BCUT2D eigenvalue weighted by molar-refractivity contribution is -0.132. The maximum absolute atomic E-state index is 12.8. The molecule has 5 rings (SSSR count). The SMILES string of the molecule is C[C@]12CCC(=O)C=C1C[C@@H](Sc1cccc(N)c1)[C@@H]1[C@@H]2CC[C@]2(C)C(=O)CC[C@@H]12. The van der Waals surface area contributed by atoms with Crippen molar-refractivity contribution < 1.29 is 9.59 Å². The van der Waals surface area contributed by atoms with Crippen LogP contribution in [0, 0.1) is 28.6 Å². The lowest BCUT2D eigenvalue weighted by Gasteiger charge is -2.59. The Morgan fingerprint density at radius 3 is 2.62 bits per heavy atom. The van der Waals surface area contributed by atoms with Crippen LogP contribution in [0.2, 0.25) is 0 Å². The first-order valence-corrected chi connectivity index (χ1v) is 12.0. The number of anilines is 1. The van der Waals surface area contributed by atoms with E-state index in [1.54, 1.807) is 0 Å². The van der Waals surface area contributed by atoms with Crippen molar-refractivity contribution in [3.05, 3.63) is 35.9 Å². The van der Waals surface area contributed by atoms with Crippen molar-refractivity contribution >= 4 is 29.0 Å². The van der Waals surface area contributed by atoms with Gasteiger partial charge < -0.3 is 5.73 Å². The summed E-state index contributed by atoms with van der Waals surface area (Å²) in [6.07, 6.45) is 8.51. The number of thioether (sulfide) groups is 1. The standard InChI is InChI=1S/C25H31NO2S/c1-24-10-8-17(27)12-15(24)13-21(29-18-5-3-4-16(26)14-18)23-19-6-7-22(28)25(19,2)11-9-20(23)24/h3-5,12,14,19-21,23H,6-11,13,26H2,1-2H3/t19-,20-,21+,23-,24-,25-/m0/s1. The van der Waals surface area contributed by atoms with E-state index in [0.717, 1.165) is 44.2 Å². The van der Waals surface area contributed by atoms with Gasteiger partial charge in [0.15, 0.2) is 5.78 Å². The second kappa shape index (κ2) is 6.73. The van der Waals surface area contributed by atoms with E-state index >= 15 is 0 Å². The number of benzene rings is 1. The number of Topliss-reactive ketones (excluding diaryl/α,β-unsaturated/α-hetero) is 1. The molecule has 6 atom stereocenters. The van der Waals surface area contributed by atoms with E-state index in [4.69, 9.17) is 5.73 Å². The summed E-state index contributed by atoms with van der Waals surface area (Å²) in [6.45, 7) is 4.65. The molecule has 0 saturated heterocycles. The number of allylic oxidation sites excluding steroid dienone is 1. The van der Waals surface area contributed by atoms with Crippen molar-refractivity contribution in [3.8, 4) is 0 Å². The van der Waals surface area contributed by atoms with Crippen LogP contribution in [0.5, 0.6) is 0 Å². The maximum Gasteiger partial charge on any atom is 0.155 e. The zero-order valence-electron chi connectivity index (χ0n) is 17.4. The van der Waals surface area contributed by atoms with Crippen LogP contribution in [-0.4, -0.2) is 16.8 Å². The summed E-state index contributed by atoms with van der Waals surface area (Å²) < 4.78 is 0. The predicted octanol–water partition coefficient (Wildman–Crippen LogP) is 5.44. The highest BCUT2D eigenvalue weighted by atomic mass is 32.2. The number of rotatable bonds is 2. The van der Waals surface area contributed by atoms with E-state index in [1.807, 2.05) is 30.0 Å². The maximum atomic E-state index is 12.8. The van der Waals surface area contributed by atoms with E-state index in [1.165, 1.54) is 10.5 Å². The Morgan fingerprint density at radius 1 is 1.03 bits per heavy atom. The fraction of sp³-hybridized carbons (Fsp3) is 0.600. The minimum absolute atomic E-state index is 0.123. The van der Waals surface area contributed by atoms with Crippen LogP contribution in [0.3, 0.4) is 0 Å². The van der Waals surface area contributed by atoms with Crippen LogP contribution in [0.1, 0.15) is 58.8 Å². The van der Waals surface area contributed by atoms with Gasteiger partial charge in [-0.05, 0) is 79.5 Å². The third kappa shape index (κ3) is 2.93. The fourth-order valence-electron chi connectivity index (χ4n) is 7.16. The van der Waals surface area contributed by atoms with Crippen LogP contribution in [0.4, 0.5) is 5.69 Å². The van der Waals surface area contributed by atoms with Crippen molar-refractivity contribution in [1.82, 2.24) is 0 Å². The first-order valence-electron chi connectivity index (χ1n) is 11.1. The molecule has 0 spiro atoms. The number of carbonyl (C=O) groups is 2. The van der Waals surface area contributed by atoms with Gasteiger partial charge in [-0.1, -0.05) is 25.5 Å². The highest BCUT2D eigenvalue weighted by molar-refractivity contribution is 8.00. The lowest BCUT2D eigenvalue weighted by Crippen LogP contribution is -2.54. The number of nitrogens with two attached hydrogens (primary N) is 1. The molecule has 3 nitrogen and oxygen atoms in total. The van der Waals surface area contributed by atoms with Crippen molar-refractivity contribution in [3.63, 3.8) is 0 Å². The molecule has 0 radical (unpaired) electrons. The van der Waals surface area contributed by atoms with Crippen molar-refractivity contribution in [2.75, 3.05) is 5.73 Å². The molecule has 1 aromatic rings. The third-order valence-electron chi connectivity index (χ3n) is 8.82. The summed E-state index contributed by atoms with van der Waals surface area (Å²) >= 11 is 1.93. The average Bonchev–Trinajstić information content (AvgIpc) is 2.98. The number of hydrogen-bond acceptors (Lipinski definition) is 4. The normalized spacial score (nSPS) is 41.4. The quantitative estimate of drug-likeness (QED) is 0.661. The smallest absolute Gasteiger partial charge is 0.155 e. The minimum atomic E-state index is -0.141. The molecule has 3 saturated carbocycles. The second-order valence-electron chi connectivity index (χ2n) is 10.2. The summed E-state index contributed by atoms with van der Waals surface area (Å²) in [4.78, 5) is 26.3. The fourth-order valence-corrected chi connectivity index (χ4v) is 8.67. The molecule has 29 heavy (non-hydrogen) atoms. The third-order valence-corrected chi connectivity index (χ3v) is 10.1. The molecule has 154 valence electrons. The molecular formula is C25H31NO2S. The summed E-state index contributed by atoms with van der Waals surface area (Å²) in [7, 11) is 0. The number of carbonyl (C=O) groups excluding carboxylic acids is 2. The molecule has 4 aliphatic rings. The van der Waals surface area contributed by atoms with Crippen LogP contribution < -0.4 is 5.73 Å². The Morgan fingerprint density at radius 2 is 1.83 bits per heavy atom. The molecule has 2 N–H and O–H groups in total. The molecule has 0 unspecified atom stereocenters. The molecule has 0 amide bonds. The van der Waals surface area contributed by atoms with Gasteiger partial charge in [0.1, 0.15) is 5.78 Å². The van der Waals surface area contributed by atoms with Gasteiger partial charge in [-0.15, -0.1) is 11.8 Å². The van der Waals surface area contributed by atoms with Gasteiger partial charge in [-0.2, -0.15) is 0 Å². The lowest BCUT2D eigenvalue weighted by atomic mass is 9.47. The van der Waals surface area contributed by atoms with Crippen LogP contribution in [-0.2, 0) is 9.59 Å². The van der Waals surface area contributed by atoms with Crippen molar-refractivity contribution in [1.29, 1.82) is 0 Å². The van der Waals surface area contributed by atoms with Crippen LogP contribution in [0.15, 0.2) is 40.8 Å². The van der Waals surface area contributed by atoms with Gasteiger partial charge in [-0.25, -0.2) is 0 Å². The second-order valence-corrected chi connectivity index (χ2v) is 11.5. The summed E-state index contributed by atoms with van der Waals surface area (Å²) in [5.41, 5.74) is 8.19. The van der Waals surface area contributed by atoms with E-state index < -0.39 is 0 Å². The monoisotopic (exact) mass is 409 g/mol. The van der Waals surface area contributed by atoms with E-state index in [-0.39, 0.29) is 10.8 Å². The molecule has 0 heterocycles. The van der Waals surface area contributed by atoms with Gasteiger partial charge >= 0.3 is 0 Å². The number of ketones is 2. The number of hydrogen-bond donors (Lipinski definition) is 1. The van der Waals surface area contributed by atoms with Gasteiger partial charge in [0, 0.05) is 34.1 Å². The molecule has 0 aromatic heterocycles. The van der Waals surface area contributed by atoms with Gasteiger partial charge in [0.25, 0.3) is 0 Å². The van der Waals surface area contributed by atoms with E-state index in [2.05, 4.69) is 26.0 Å². The van der Waals surface area contributed by atoms with E-state index in [9.17, 15) is 9.59 Å². The van der Waals surface area contributed by atoms with Crippen LogP contribution >= 0.6 is 11.8 Å². The molecule has 0 bridgehead atoms. The van der Waals surface area contributed by atoms with Crippen molar-refractivity contribution in [2.24, 2.45) is 28.6 Å². The van der Waals surface area contributed by atoms with Crippen LogP contribution in [0.25, 0.3) is 0 Å². The Labute approximate surface area is 177 Å². The zero-order valence-corrected chi connectivity index (χ0v) is 18.3. The van der Waals surface area contributed by atoms with E-state index in [0.29, 0.717) is 41.0 Å². The largest absolute Gasteiger partial charge is 0.399 e. The number of fused-ring (bicyclic) bond motifs is 5. The predicted molar refractivity (Wildman–Crippen MR) is 118 cm³/mol. The Hall–Kier alpha value is -1.55.